The lowest BCUT2D eigenvalue weighted by atomic mass is 10.0. The van der Waals surface area contributed by atoms with Crippen molar-refractivity contribution in [2.24, 2.45) is 5.73 Å². The number of sulfonamides is 1. The molecule has 1 unspecified atom stereocenters. The van der Waals surface area contributed by atoms with Crippen molar-refractivity contribution in [1.29, 1.82) is 0 Å². The average molecular weight is 302 g/mol. The molecule has 0 aromatic carbocycles. The van der Waals surface area contributed by atoms with Crippen molar-refractivity contribution in [2.75, 3.05) is 6.54 Å². The molecule has 6 heteroatoms. The number of nitrogens with zero attached hydrogens (tertiary/aromatic N) is 1. The first-order valence-electron chi connectivity index (χ1n) is 6.82. The number of nitrogens with two attached hydrogens (primary N) is 1. The molecule has 1 atom stereocenters. The summed E-state index contributed by atoms with van der Waals surface area (Å²) in [6, 6.07) is 1.92. The van der Waals surface area contributed by atoms with E-state index in [1.165, 1.54) is 11.3 Å². The number of hydrogen-bond donors (Lipinski definition) is 1. The summed E-state index contributed by atoms with van der Waals surface area (Å²) in [5.74, 6) is 0. The Kier molecular flexibility index (Phi) is 4.66. The number of hydrogen-bond acceptors (Lipinski definition) is 4. The first-order valence-corrected chi connectivity index (χ1v) is 9.07. The van der Waals surface area contributed by atoms with E-state index in [1.807, 2.05) is 6.92 Å². The van der Waals surface area contributed by atoms with Gasteiger partial charge in [0.15, 0.2) is 0 Å². The van der Waals surface area contributed by atoms with E-state index in [-0.39, 0.29) is 6.04 Å². The minimum Gasteiger partial charge on any atom is -0.326 e. The molecule has 1 aromatic rings. The molecule has 1 saturated heterocycles. The number of rotatable bonds is 4. The van der Waals surface area contributed by atoms with Crippen molar-refractivity contribution in [1.82, 2.24) is 4.31 Å². The lowest BCUT2D eigenvalue weighted by Gasteiger charge is -2.33. The molecule has 2 heterocycles. The van der Waals surface area contributed by atoms with E-state index in [0.717, 1.165) is 36.1 Å². The smallest absolute Gasteiger partial charge is 0.252 e. The van der Waals surface area contributed by atoms with Gasteiger partial charge in [0.25, 0.3) is 10.0 Å². The van der Waals surface area contributed by atoms with Gasteiger partial charge in [0, 0.05) is 24.0 Å². The Morgan fingerprint density at radius 3 is 2.79 bits per heavy atom. The second-order valence-corrected chi connectivity index (χ2v) is 8.30. The fraction of sp³-hybridized carbons (Fsp3) is 0.692. The van der Waals surface area contributed by atoms with Crippen LogP contribution in [-0.4, -0.2) is 25.3 Å². The van der Waals surface area contributed by atoms with Crippen LogP contribution in [0.15, 0.2) is 10.3 Å². The van der Waals surface area contributed by atoms with E-state index < -0.39 is 10.0 Å². The Bertz CT molecular complexity index is 537. The molecule has 0 bridgehead atoms. The van der Waals surface area contributed by atoms with Crippen LogP contribution in [-0.2, 0) is 16.6 Å². The van der Waals surface area contributed by atoms with Gasteiger partial charge >= 0.3 is 0 Å². The molecule has 0 saturated carbocycles. The lowest BCUT2D eigenvalue weighted by molar-refractivity contribution is 0.247. The Morgan fingerprint density at radius 2 is 2.21 bits per heavy atom. The molecule has 19 heavy (non-hydrogen) atoms. The monoisotopic (exact) mass is 302 g/mol. The Balaban J connectivity index is 2.34. The van der Waals surface area contributed by atoms with Gasteiger partial charge in [0.2, 0.25) is 0 Å². The molecular formula is C13H22N2O2S2. The van der Waals surface area contributed by atoms with Gasteiger partial charge in [-0.3, -0.25) is 0 Å². The fourth-order valence-corrected chi connectivity index (χ4v) is 6.00. The van der Waals surface area contributed by atoms with Crippen molar-refractivity contribution in [3.8, 4) is 0 Å². The first kappa shape index (κ1) is 15.0. The van der Waals surface area contributed by atoms with Crippen molar-refractivity contribution in [3.63, 3.8) is 0 Å². The quantitative estimate of drug-likeness (QED) is 0.929. The van der Waals surface area contributed by atoms with Crippen LogP contribution in [0.5, 0.6) is 0 Å². The second kappa shape index (κ2) is 5.91. The molecule has 2 N–H and O–H groups in total. The summed E-state index contributed by atoms with van der Waals surface area (Å²) in [7, 11) is -3.34. The predicted molar refractivity (Wildman–Crippen MR) is 78.8 cm³/mol. The third-order valence-corrected chi connectivity index (χ3v) is 7.45. The van der Waals surface area contributed by atoms with Crippen molar-refractivity contribution < 1.29 is 8.42 Å². The van der Waals surface area contributed by atoms with Crippen LogP contribution < -0.4 is 5.73 Å². The maximum Gasteiger partial charge on any atom is 0.252 e. The molecule has 2 rings (SSSR count). The topological polar surface area (TPSA) is 63.4 Å². The highest BCUT2D eigenvalue weighted by Crippen LogP contribution is 2.32. The summed E-state index contributed by atoms with van der Waals surface area (Å²) in [5.41, 5.74) is 6.62. The molecule has 0 spiro atoms. The molecule has 0 radical (unpaired) electrons. The van der Waals surface area contributed by atoms with E-state index in [9.17, 15) is 8.42 Å². The van der Waals surface area contributed by atoms with Crippen molar-refractivity contribution in [3.05, 3.63) is 16.5 Å². The van der Waals surface area contributed by atoms with Gasteiger partial charge < -0.3 is 5.73 Å². The molecule has 108 valence electrons. The third kappa shape index (κ3) is 2.86. The summed E-state index contributed by atoms with van der Waals surface area (Å²) in [5, 5.41) is 0. The van der Waals surface area contributed by atoms with Crippen LogP contribution in [0.25, 0.3) is 0 Å². The minimum absolute atomic E-state index is 0.155. The maximum atomic E-state index is 12.7. The van der Waals surface area contributed by atoms with Gasteiger partial charge in [-0.2, -0.15) is 4.31 Å². The summed E-state index contributed by atoms with van der Waals surface area (Å²) in [6.45, 7) is 5.04. The molecule has 1 fully saturated rings. The van der Waals surface area contributed by atoms with Crippen LogP contribution in [0.4, 0.5) is 0 Å². The minimum atomic E-state index is -3.34. The number of piperidine rings is 1. The summed E-state index contributed by atoms with van der Waals surface area (Å²) < 4.78 is 27.6. The molecule has 1 aliphatic rings. The Labute approximate surface area is 119 Å². The van der Waals surface area contributed by atoms with Gasteiger partial charge in [0.1, 0.15) is 4.21 Å². The standard InChI is InChI=1S/C13H22N2O2S2/c1-3-11-6-4-5-7-15(11)19(16,17)13-8-10(2)12(9-14)18-13/h8,11H,3-7,9,14H2,1-2H3. The van der Waals surface area contributed by atoms with Gasteiger partial charge in [0.05, 0.1) is 0 Å². The SMILES string of the molecule is CCC1CCCCN1S(=O)(=O)c1cc(C)c(CN)s1. The van der Waals surface area contributed by atoms with Crippen LogP contribution in [0.1, 0.15) is 43.0 Å². The van der Waals surface area contributed by atoms with Gasteiger partial charge in [-0.1, -0.05) is 13.3 Å². The van der Waals surface area contributed by atoms with Crippen LogP contribution in [0.3, 0.4) is 0 Å². The van der Waals surface area contributed by atoms with E-state index in [1.54, 1.807) is 10.4 Å². The predicted octanol–water partition coefficient (Wildman–Crippen LogP) is 2.47. The third-order valence-electron chi connectivity index (χ3n) is 3.79. The number of thiophene rings is 1. The van der Waals surface area contributed by atoms with Gasteiger partial charge in [-0.05, 0) is 37.8 Å². The van der Waals surface area contributed by atoms with E-state index in [2.05, 4.69) is 6.92 Å². The summed E-state index contributed by atoms with van der Waals surface area (Å²) in [4.78, 5) is 0.962. The number of aryl methyl sites for hydroxylation is 1. The van der Waals surface area contributed by atoms with Crippen molar-refractivity contribution >= 4 is 21.4 Å². The molecule has 1 aliphatic heterocycles. The van der Waals surface area contributed by atoms with Crippen LogP contribution in [0.2, 0.25) is 0 Å². The molecule has 0 amide bonds. The molecule has 4 nitrogen and oxygen atoms in total. The maximum absolute atomic E-state index is 12.7. The van der Waals surface area contributed by atoms with Crippen LogP contribution in [0, 0.1) is 6.92 Å². The molecule has 0 aliphatic carbocycles. The molecular weight excluding hydrogens is 280 g/mol. The molecule has 1 aromatic heterocycles. The lowest BCUT2D eigenvalue weighted by Crippen LogP contribution is -2.42. The second-order valence-electron chi connectivity index (χ2n) is 5.05. The summed E-state index contributed by atoms with van der Waals surface area (Å²) >= 11 is 1.32. The largest absolute Gasteiger partial charge is 0.326 e. The van der Waals surface area contributed by atoms with E-state index in [4.69, 9.17) is 5.73 Å². The summed E-state index contributed by atoms with van der Waals surface area (Å²) in [6.07, 6.45) is 3.95. The van der Waals surface area contributed by atoms with Gasteiger partial charge in [-0.15, -0.1) is 11.3 Å². The highest BCUT2D eigenvalue weighted by molar-refractivity contribution is 7.91. The zero-order valence-corrected chi connectivity index (χ0v) is 13.2. The normalized spacial score (nSPS) is 21.7. The zero-order chi connectivity index (χ0) is 14.0. The zero-order valence-electron chi connectivity index (χ0n) is 11.6. The van der Waals surface area contributed by atoms with Crippen LogP contribution >= 0.6 is 11.3 Å². The van der Waals surface area contributed by atoms with Gasteiger partial charge in [-0.25, -0.2) is 8.42 Å². The Morgan fingerprint density at radius 1 is 1.47 bits per heavy atom. The first-order chi connectivity index (χ1) is 9.00. The highest BCUT2D eigenvalue weighted by atomic mass is 32.2. The van der Waals surface area contributed by atoms with E-state index in [0.29, 0.717) is 17.3 Å². The van der Waals surface area contributed by atoms with E-state index >= 15 is 0 Å². The average Bonchev–Trinajstić information content (AvgIpc) is 2.80. The fourth-order valence-electron chi connectivity index (χ4n) is 2.63. The Hall–Kier alpha value is -0.430. The van der Waals surface area contributed by atoms with Crippen molar-refractivity contribution in [2.45, 2.75) is 56.3 Å². The highest BCUT2D eigenvalue weighted by Gasteiger charge is 2.33.